The fourth-order valence-electron chi connectivity index (χ4n) is 2.05. The SMILES string of the molecule is CCOc1ccccc1NC(=O)[C@H](CC)Oc1ccccc1. The summed E-state index contributed by atoms with van der Waals surface area (Å²) >= 11 is 0. The van der Waals surface area contributed by atoms with Gasteiger partial charge in [-0.3, -0.25) is 4.79 Å². The van der Waals surface area contributed by atoms with Crippen LogP contribution in [0.3, 0.4) is 0 Å². The number of anilines is 1. The molecular weight excluding hydrogens is 278 g/mol. The van der Waals surface area contributed by atoms with Gasteiger partial charge in [0.1, 0.15) is 11.5 Å². The highest BCUT2D eigenvalue weighted by Crippen LogP contribution is 2.24. The molecule has 2 rings (SSSR count). The normalized spacial score (nSPS) is 11.5. The topological polar surface area (TPSA) is 47.6 Å². The van der Waals surface area contributed by atoms with Gasteiger partial charge in [-0.2, -0.15) is 0 Å². The van der Waals surface area contributed by atoms with E-state index < -0.39 is 6.10 Å². The van der Waals surface area contributed by atoms with E-state index in [1.54, 1.807) is 0 Å². The zero-order valence-corrected chi connectivity index (χ0v) is 12.9. The predicted octanol–water partition coefficient (Wildman–Crippen LogP) is 3.88. The summed E-state index contributed by atoms with van der Waals surface area (Å²) in [5, 5.41) is 2.88. The van der Waals surface area contributed by atoms with E-state index in [-0.39, 0.29) is 5.91 Å². The average molecular weight is 299 g/mol. The molecule has 0 fully saturated rings. The van der Waals surface area contributed by atoms with Crippen LogP contribution in [0.15, 0.2) is 54.6 Å². The third kappa shape index (κ3) is 4.25. The summed E-state index contributed by atoms with van der Waals surface area (Å²) in [6, 6.07) is 16.7. The molecule has 0 unspecified atom stereocenters. The second-order valence-electron chi connectivity index (χ2n) is 4.75. The maximum atomic E-state index is 12.4. The first-order chi connectivity index (χ1) is 10.7. The first kappa shape index (κ1) is 15.9. The average Bonchev–Trinajstić information content (AvgIpc) is 2.55. The van der Waals surface area contributed by atoms with Crippen molar-refractivity contribution in [2.75, 3.05) is 11.9 Å². The van der Waals surface area contributed by atoms with Crippen LogP contribution in [-0.2, 0) is 4.79 Å². The smallest absolute Gasteiger partial charge is 0.265 e. The van der Waals surface area contributed by atoms with Crippen LogP contribution in [0.1, 0.15) is 20.3 Å². The third-order valence-electron chi connectivity index (χ3n) is 3.13. The largest absolute Gasteiger partial charge is 0.492 e. The Morgan fingerprint density at radius 2 is 1.73 bits per heavy atom. The molecule has 4 nitrogen and oxygen atoms in total. The van der Waals surface area contributed by atoms with Crippen molar-refractivity contribution >= 4 is 11.6 Å². The van der Waals surface area contributed by atoms with Gasteiger partial charge in [0.2, 0.25) is 0 Å². The van der Waals surface area contributed by atoms with Crippen LogP contribution in [0.25, 0.3) is 0 Å². The van der Waals surface area contributed by atoms with Gasteiger partial charge in [-0.15, -0.1) is 0 Å². The van der Waals surface area contributed by atoms with Crippen LogP contribution in [0.4, 0.5) is 5.69 Å². The highest BCUT2D eigenvalue weighted by molar-refractivity contribution is 5.95. The van der Waals surface area contributed by atoms with Gasteiger partial charge in [-0.1, -0.05) is 37.3 Å². The number of para-hydroxylation sites is 3. The summed E-state index contributed by atoms with van der Waals surface area (Å²) < 4.78 is 11.3. The number of nitrogens with one attached hydrogen (secondary N) is 1. The van der Waals surface area contributed by atoms with Crippen molar-refractivity contribution in [1.29, 1.82) is 0 Å². The number of carbonyl (C=O) groups is 1. The number of rotatable bonds is 7. The lowest BCUT2D eigenvalue weighted by molar-refractivity contribution is -0.122. The first-order valence-electron chi connectivity index (χ1n) is 7.49. The quantitative estimate of drug-likeness (QED) is 0.844. The molecule has 2 aromatic rings. The molecule has 1 N–H and O–H groups in total. The molecule has 0 spiro atoms. The minimum Gasteiger partial charge on any atom is -0.492 e. The molecule has 0 heterocycles. The molecule has 2 aromatic carbocycles. The van der Waals surface area contributed by atoms with Crippen molar-refractivity contribution in [3.8, 4) is 11.5 Å². The highest BCUT2D eigenvalue weighted by Gasteiger charge is 2.19. The second kappa shape index (κ2) is 8.08. The molecule has 0 aromatic heterocycles. The van der Waals surface area contributed by atoms with Gasteiger partial charge in [0.15, 0.2) is 6.10 Å². The lowest BCUT2D eigenvalue weighted by Gasteiger charge is -2.18. The molecule has 0 aliphatic heterocycles. The van der Waals surface area contributed by atoms with Gasteiger partial charge in [-0.25, -0.2) is 0 Å². The van der Waals surface area contributed by atoms with Gasteiger partial charge < -0.3 is 14.8 Å². The van der Waals surface area contributed by atoms with Crippen molar-refractivity contribution in [3.63, 3.8) is 0 Å². The van der Waals surface area contributed by atoms with Crippen molar-refractivity contribution in [2.45, 2.75) is 26.4 Å². The zero-order valence-electron chi connectivity index (χ0n) is 12.9. The molecule has 1 amide bonds. The standard InChI is InChI=1S/C18H21NO3/c1-3-16(22-14-10-6-5-7-11-14)18(20)19-15-12-8-9-13-17(15)21-4-2/h5-13,16H,3-4H2,1-2H3,(H,19,20)/t16-/m0/s1. The van der Waals surface area contributed by atoms with E-state index >= 15 is 0 Å². The highest BCUT2D eigenvalue weighted by atomic mass is 16.5. The number of ether oxygens (including phenoxy) is 2. The van der Waals surface area contributed by atoms with Crippen LogP contribution < -0.4 is 14.8 Å². The molecule has 0 bridgehead atoms. The molecule has 0 saturated heterocycles. The Bertz CT molecular complexity index is 598. The minimum atomic E-state index is -0.544. The molecule has 0 aliphatic rings. The number of benzene rings is 2. The van der Waals surface area contributed by atoms with Gasteiger partial charge >= 0.3 is 0 Å². The van der Waals surface area contributed by atoms with Crippen molar-refractivity contribution in [1.82, 2.24) is 0 Å². The molecule has 0 aliphatic carbocycles. The Morgan fingerprint density at radius 3 is 2.41 bits per heavy atom. The van der Waals surface area contributed by atoms with Gasteiger partial charge in [0.05, 0.1) is 12.3 Å². The number of hydrogen-bond donors (Lipinski definition) is 1. The Balaban J connectivity index is 2.06. The molecule has 0 radical (unpaired) electrons. The summed E-state index contributed by atoms with van der Waals surface area (Å²) in [7, 11) is 0. The van der Waals surface area contributed by atoms with E-state index in [2.05, 4.69) is 5.32 Å². The summed E-state index contributed by atoms with van der Waals surface area (Å²) in [4.78, 5) is 12.4. The van der Waals surface area contributed by atoms with E-state index in [0.29, 0.717) is 30.2 Å². The lowest BCUT2D eigenvalue weighted by atomic mass is 10.2. The van der Waals surface area contributed by atoms with E-state index in [4.69, 9.17) is 9.47 Å². The fourth-order valence-corrected chi connectivity index (χ4v) is 2.05. The molecular formula is C18H21NO3. The van der Waals surface area contributed by atoms with Crippen LogP contribution in [0.5, 0.6) is 11.5 Å². The monoisotopic (exact) mass is 299 g/mol. The summed E-state index contributed by atoms with van der Waals surface area (Å²) in [5.41, 5.74) is 0.657. The maximum Gasteiger partial charge on any atom is 0.265 e. The van der Waals surface area contributed by atoms with Crippen LogP contribution in [-0.4, -0.2) is 18.6 Å². The number of hydrogen-bond acceptors (Lipinski definition) is 3. The summed E-state index contributed by atoms with van der Waals surface area (Å²) in [5.74, 6) is 1.16. The number of carbonyl (C=O) groups excluding carboxylic acids is 1. The van der Waals surface area contributed by atoms with Crippen LogP contribution in [0, 0.1) is 0 Å². The van der Waals surface area contributed by atoms with E-state index in [1.165, 1.54) is 0 Å². The molecule has 116 valence electrons. The molecule has 0 saturated carbocycles. The zero-order chi connectivity index (χ0) is 15.8. The summed E-state index contributed by atoms with van der Waals surface area (Å²) in [6.45, 7) is 4.37. The van der Waals surface area contributed by atoms with Crippen molar-refractivity contribution in [3.05, 3.63) is 54.6 Å². The second-order valence-corrected chi connectivity index (χ2v) is 4.75. The van der Waals surface area contributed by atoms with Crippen molar-refractivity contribution < 1.29 is 14.3 Å². The van der Waals surface area contributed by atoms with E-state index in [0.717, 1.165) is 0 Å². The summed E-state index contributed by atoms with van der Waals surface area (Å²) in [6.07, 6.45) is 0.0365. The van der Waals surface area contributed by atoms with Gasteiger partial charge in [0, 0.05) is 0 Å². The van der Waals surface area contributed by atoms with Gasteiger partial charge in [0.25, 0.3) is 5.91 Å². The minimum absolute atomic E-state index is 0.182. The lowest BCUT2D eigenvalue weighted by Crippen LogP contribution is -2.32. The molecule has 4 heteroatoms. The molecule has 22 heavy (non-hydrogen) atoms. The van der Waals surface area contributed by atoms with Gasteiger partial charge in [-0.05, 0) is 37.6 Å². The first-order valence-corrected chi connectivity index (χ1v) is 7.49. The Kier molecular flexibility index (Phi) is 5.83. The van der Waals surface area contributed by atoms with Crippen molar-refractivity contribution in [2.24, 2.45) is 0 Å². The maximum absolute atomic E-state index is 12.4. The fraction of sp³-hybridized carbons (Fsp3) is 0.278. The Hall–Kier alpha value is -2.49. The van der Waals surface area contributed by atoms with Crippen LogP contribution in [0.2, 0.25) is 0 Å². The predicted molar refractivity (Wildman–Crippen MR) is 87.4 cm³/mol. The van der Waals surface area contributed by atoms with Crippen LogP contribution >= 0.6 is 0 Å². The third-order valence-corrected chi connectivity index (χ3v) is 3.13. The van der Waals surface area contributed by atoms with E-state index in [1.807, 2.05) is 68.4 Å². The Morgan fingerprint density at radius 1 is 1.05 bits per heavy atom. The van der Waals surface area contributed by atoms with E-state index in [9.17, 15) is 4.79 Å². The Labute approximate surface area is 131 Å². The molecule has 1 atom stereocenters. The number of amides is 1.